The summed E-state index contributed by atoms with van der Waals surface area (Å²) in [5.41, 5.74) is 0. The third kappa shape index (κ3) is 6.61. The highest BCUT2D eigenvalue weighted by atomic mass is 16.1. The van der Waals surface area contributed by atoms with Crippen molar-refractivity contribution < 1.29 is 4.79 Å². The maximum atomic E-state index is 9.70. The smallest absolute Gasteiger partial charge is 0.216 e. The minimum absolute atomic E-state index is 0.00463. The summed E-state index contributed by atoms with van der Waals surface area (Å²) < 4.78 is 0. The van der Waals surface area contributed by atoms with E-state index in [1.165, 1.54) is 19.6 Å². The molecular formula is C5H10N4O. The average Bonchev–Trinajstić information content (AvgIpc) is 2.43. The van der Waals surface area contributed by atoms with Crippen molar-refractivity contribution in [2.24, 2.45) is 0 Å². The maximum absolute atomic E-state index is 9.70. The van der Waals surface area contributed by atoms with Gasteiger partial charge in [-0.25, -0.2) is 4.98 Å². The van der Waals surface area contributed by atoms with Crippen LogP contribution >= 0.6 is 0 Å². The highest BCUT2D eigenvalue weighted by Crippen LogP contribution is 1.53. The Balaban J connectivity index is 0.000000162. The van der Waals surface area contributed by atoms with Crippen molar-refractivity contribution in [1.82, 2.24) is 20.5 Å². The van der Waals surface area contributed by atoms with Crippen LogP contribution in [0.4, 0.5) is 0 Å². The number of amides is 1. The number of nitrogens with zero attached hydrogens (tertiary/aromatic N) is 2. The summed E-state index contributed by atoms with van der Waals surface area (Å²) >= 11 is 0. The van der Waals surface area contributed by atoms with Gasteiger partial charge in [-0.05, 0) is 0 Å². The fourth-order valence-corrected chi connectivity index (χ4v) is 0.167. The summed E-state index contributed by atoms with van der Waals surface area (Å²) in [5.74, 6) is 0.00463. The van der Waals surface area contributed by atoms with Crippen molar-refractivity contribution >= 4 is 5.91 Å². The normalized spacial score (nSPS) is 7.40. The van der Waals surface area contributed by atoms with Crippen LogP contribution in [0.1, 0.15) is 6.92 Å². The summed E-state index contributed by atoms with van der Waals surface area (Å²) in [5, 5.41) is 8.38. The first-order valence-electron chi connectivity index (χ1n) is 2.74. The molecule has 10 heavy (non-hydrogen) atoms. The zero-order valence-electron chi connectivity index (χ0n) is 5.96. The predicted molar refractivity (Wildman–Crippen MR) is 36.1 cm³/mol. The lowest BCUT2D eigenvalue weighted by Gasteiger charge is -1.80. The number of carbonyl (C=O) groups is 1. The van der Waals surface area contributed by atoms with E-state index < -0.39 is 0 Å². The van der Waals surface area contributed by atoms with Crippen molar-refractivity contribution in [1.29, 1.82) is 0 Å². The van der Waals surface area contributed by atoms with E-state index in [9.17, 15) is 4.79 Å². The molecule has 0 aromatic carbocycles. The SMILES string of the molecule is CNC(C)=O.c1nc[nH]n1. The van der Waals surface area contributed by atoms with E-state index in [0.29, 0.717) is 0 Å². The molecule has 0 radical (unpaired) electrons. The molecule has 0 aliphatic carbocycles. The molecule has 0 aliphatic heterocycles. The fraction of sp³-hybridized carbons (Fsp3) is 0.400. The van der Waals surface area contributed by atoms with Gasteiger partial charge in [-0.15, -0.1) is 0 Å². The Kier molecular flexibility index (Phi) is 4.94. The van der Waals surface area contributed by atoms with Crippen LogP contribution in [0.2, 0.25) is 0 Å². The van der Waals surface area contributed by atoms with Crippen LogP contribution in [-0.4, -0.2) is 28.1 Å². The third-order valence-electron chi connectivity index (χ3n) is 0.683. The van der Waals surface area contributed by atoms with Crippen LogP contribution < -0.4 is 5.32 Å². The van der Waals surface area contributed by atoms with Gasteiger partial charge in [0.25, 0.3) is 0 Å². The minimum Gasteiger partial charge on any atom is -0.359 e. The quantitative estimate of drug-likeness (QED) is 0.515. The molecule has 0 saturated heterocycles. The molecule has 1 aromatic heterocycles. The molecular weight excluding hydrogens is 132 g/mol. The molecule has 0 spiro atoms. The van der Waals surface area contributed by atoms with Gasteiger partial charge in [0.2, 0.25) is 5.91 Å². The minimum atomic E-state index is 0.00463. The van der Waals surface area contributed by atoms with E-state index in [-0.39, 0.29) is 5.91 Å². The Morgan fingerprint density at radius 2 is 2.30 bits per heavy atom. The molecule has 1 rings (SSSR count). The van der Waals surface area contributed by atoms with Crippen molar-refractivity contribution in [2.45, 2.75) is 6.92 Å². The van der Waals surface area contributed by atoms with E-state index in [4.69, 9.17) is 0 Å². The van der Waals surface area contributed by atoms with Crippen LogP contribution in [0.15, 0.2) is 12.7 Å². The van der Waals surface area contributed by atoms with E-state index >= 15 is 0 Å². The van der Waals surface area contributed by atoms with Gasteiger partial charge in [-0.1, -0.05) is 0 Å². The zero-order chi connectivity index (χ0) is 7.82. The third-order valence-corrected chi connectivity index (χ3v) is 0.683. The number of aromatic nitrogens is 3. The molecule has 5 heteroatoms. The number of hydrogen-bond acceptors (Lipinski definition) is 3. The van der Waals surface area contributed by atoms with Crippen LogP contribution in [0.5, 0.6) is 0 Å². The molecule has 0 aliphatic rings. The van der Waals surface area contributed by atoms with E-state index in [2.05, 4.69) is 20.5 Å². The summed E-state index contributed by atoms with van der Waals surface area (Å²) in [4.78, 5) is 13.3. The maximum Gasteiger partial charge on any atom is 0.216 e. The van der Waals surface area contributed by atoms with Crippen LogP contribution in [-0.2, 0) is 4.79 Å². The summed E-state index contributed by atoms with van der Waals surface area (Å²) in [6.45, 7) is 1.47. The van der Waals surface area contributed by atoms with Crippen molar-refractivity contribution in [3.63, 3.8) is 0 Å². The molecule has 0 atom stereocenters. The summed E-state index contributed by atoms with van der Waals surface area (Å²) in [7, 11) is 1.60. The van der Waals surface area contributed by atoms with E-state index in [1.807, 2.05) is 0 Å². The molecule has 1 aromatic rings. The van der Waals surface area contributed by atoms with Crippen LogP contribution in [0, 0.1) is 0 Å². The number of nitrogens with one attached hydrogen (secondary N) is 2. The Morgan fingerprint density at radius 3 is 2.40 bits per heavy atom. The second kappa shape index (κ2) is 5.74. The average molecular weight is 142 g/mol. The number of hydrogen-bond donors (Lipinski definition) is 2. The van der Waals surface area contributed by atoms with Crippen LogP contribution in [0.3, 0.4) is 0 Å². The molecule has 2 N–H and O–H groups in total. The molecule has 56 valence electrons. The highest BCUT2D eigenvalue weighted by molar-refractivity contribution is 5.72. The second-order valence-corrected chi connectivity index (χ2v) is 1.46. The Bertz CT molecular complexity index is 143. The molecule has 0 saturated carbocycles. The molecule has 1 amide bonds. The van der Waals surface area contributed by atoms with Gasteiger partial charge in [-0.2, -0.15) is 5.10 Å². The molecule has 0 unspecified atom stereocenters. The van der Waals surface area contributed by atoms with Gasteiger partial charge in [0, 0.05) is 14.0 Å². The van der Waals surface area contributed by atoms with Gasteiger partial charge in [0.05, 0.1) is 0 Å². The molecule has 0 bridgehead atoms. The lowest BCUT2D eigenvalue weighted by molar-refractivity contribution is -0.118. The fourth-order valence-electron chi connectivity index (χ4n) is 0.167. The number of rotatable bonds is 0. The van der Waals surface area contributed by atoms with E-state index in [1.54, 1.807) is 7.05 Å². The van der Waals surface area contributed by atoms with Gasteiger partial charge in [0.1, 0.15) is 12.7 Å². The lowest BCUT2D eigenvalue weighted by atomic mass is 10.7. The summed E-state index contributed by atoms with van der Waals surface area (Å²) in [6, 6.07) is 0. The Morgan fingerprint density at radius 1 is 1.70 bits per heavy atom. The second-order valence-electron chi connectivity index (χ2n) is 1.46. The van der Waals surface area contributed by atoms with Crippen molar-refractivity contribution in [2.75, 3.05) is 7.05 Å². The number of aromatic amines is 1. The monoisotopic (exact) mass is 142 g/mol. The Labute approximate surface area is 58.9 Å². The predicted octanol–water partition coefficient (Wildman–Crippen LogP) is -0.443. The number of carbonyl (C=O) groups excluding carboxylic acids is 1. The van der Waals surface area contributed by atoms with E-state index in [0.717, 1.165) is 0 Å². The first-order chi connectivity index (χ1) is 4.77. The van der Waals surface area contributed by atoms with Gasteiger partial charge >= 0.3 is 0 Å². The lowest BCUT2D eigenvalue weighted by Crippen LogP contribution is -2.11. The van der Waals surface area contributed by atoms with Gasteiger partial charge in [0.15, 0.2) is 0 Å². The van der Waals surface area contributed by atoms with Crippen LogP contribution in [0.25, 0.3) is 0 Å². The van der Waals surface area contributed by atoms with Gasteiger partial charge < -0.3 is 5.32 Å². The first-order valence-corrected chi connectivity index (χ1v) is 2.74. The topological polar surface area (TPSA) is 70.7 Å². The standard InChI is InChI=1S/C3H7NO.C2H3N3/c1-3(5)4-2;1-3-2-5-4-1/h1-2H3,(H,4,5);1-2H,(H,3,4,5). The van der Waals surface area contributed by atoms with Crippen molar-refractivity contribution in [3.8, 4) is 0 Å². The largest absolute Gasteiger partial charge is 0.359 e. The zero-order valence-corrected chi connectivity index (χ0v) is 5.96. The van der Waals surface area contributed by atoms with Gasteiger partial charge in [-0.3, -0.25) is 9.89 Å². The first kappa shape index (κ1) is 8.61. The molecule has 1 heterocycles. The molecule has 5 nitrogen and oxygen atoms in total. The number of H-pyrrole nitrogens is 1. The Hall–Kier alpha value is -1.39. The van der Waals surface area contributed by atoms with Crippen molar-refractivity contribution in [3.05, 3.63) is 12.7 Å². The highest BCUT2D eigenvalue weighted by Gasteiger charge is 1.72. The summed E-state index contributed by atoms with van der Waals surface area (Å²) in [6.07, 6.45) is 2.96. The molecule has 0 fully saturated rings.